The van der Waals surface area contributed by atoms with Gasteiger partial charge < -0.3 is 0 Å². The lowest BCUT2D eigenvalue weighted by Crippen LogP contribution is -2.16. The van der Waals surface area contributed by atoms with Crippen molar-refractivity contribution in [3.63, 3.8) is 0 Å². The number of aromatic nitrogens is 1. The molecule has 0 unspecified atom stereocenters. The van der Waals surface area contributed by atoms with E-state index in [4.69, 9.17) is 11.6 Å². The van der Waals surface area contributed by atoms with Crippen molar-refractivity contribution in [2.45, 2.75) is 26.3 Å². The van der Waals surface area contributed by atoms with E-state index in [9.17, 15) is 4.91 Å². The molecule has 0 aliphatic rings. The van der Waals surface area contributed by atoms with Crippen LogP contribution in [-0.2, 0) is 5.54 Å². The summed E-state index contributed by atoms with van der Waals surface area (Å²) in [6.45, 7) is 5.22. The molecule has 1 rings (SSSR count). The first-order valence-corrected chi connectivity index (χ1v) is 5.23. The molecule has 3 nitrogen and oxygen atoms in total. The molecule has 1 aromatic heterocycles. The van der Waals surface area contributed by atoms with Crippen molar-refractivity contribution in [3.8, 4) is 0 Å². The zero-order valence-electron chi connectivity index (χ0n) is 8.14. The van der Waals surface area contributed by atoms with Crippen molar-refractivity contribution in [1.29, 1.82) is 0 Å². The van der Waals surface area contributed by atoms with Crippen molar-refractivity contribution in [2.75, 3.05) is 0 Å². The lowest BCUT2D eigenvalue weighted by molar-refractivity contribution is 0.533. The van der Waals surface area contributed by atoms with Crippen LogP contribution < -0.4 is 0 Å². The van der Waals surface area contributed by atoms with Gasteiger partial charge in [-0.3, -0.25) is 4.98 Å². The maximum Gasteiger partial charge on any atom is 0.140 e. The van der Waals surface area contributed by atoms with Gasteiger partial charge in [-0.2, -0.15) is 0 Å². The molecule has 0 saturated carbocycles. The minimum absolute atomic E-state index is 0.490. The van der Waals surface area contributed by atoms with E-state index >= 15 is 0 Å². The normalized spacial score (nSPS) is 11.5. The van der Waals surface area contributed by atoms with E-state index in [0.717, 1.165) is 10.0 Å². The third kappa shape index (κ3) is 1.96. The minimum atomic E-state index is -0.886. The topological polar surface area (TPSA) is 42.3 Å². The smallest absolute Gasteiger partial charge is 0.140 e. The Balaban J connectivity index is 3.38. The predicted octanol–water partition coefficient (Wildman–Crippen LogP) is 3.81. The second-order valence-electron chi connectivity index (χ2n) is 3.54. The van der Waals surface area contributed by atoms with Gasteiger partial charge in [-0.05, 0) is 42.3 Å². The molecule has 0 fully saturated rings. The van der Waals surface area contributed by atoms with Crippen LogP contribution >= 0.6 is 27.5 Å². The molecule has 0 radical (unpaired) electrons. The maximum absolute atomic E-state index is 10.6. The molecule has 0 aromatic carbocycles. The molecule has 14 heavy (non-hydrogen) atoms. The molecule has 0 amide bonds. The van der Waals surface area contributed by atoms with Crippen LogP contribution in [0.1, 0.15) is 25.1 Å². The zero-order valence-corrected chi connectivity index (χ0v) is 10.5. The van der Waals surface area contributed by atoms with Gasteiger partial charge in [-0.1, -0.05) is 16.8 Å². The third-order valence-electron chi connectivity index (χ3n) is 2.01. The summed E-state index contributed by atoms with van der Waals surface area (Å²) in [5.74, 6) is 0. The Morgan fingerprint density at radius 1 is 1.57 bits per heavy atom. The molecule has 0 N–H and O–H groups in total. The fourth-order valence-electron chi connectivity index (χ4n) is 1.03. The van der Waals surface area contributed by atoms with Gasteiger partial charge in [0.2, 0.25) is 0 Å². The summed E-state index contributed by atoms with van der Waals surface area (Å²) < 4.78 is 0.827. The first-order valence-electron chi connectivity index (χ1n) is 4.05. The van der Waals surface area contributed by atoms with Crippen LogP contribution in [0, 0.1) is 11.8 Å². The minimum Gasteiger partial charge on any atom is -0.256 e. The summed E-state index contributed by atoms with van der Waals surface area (Å²) in [6.07, 6.45) is 1.63. The van der Waals surface area contributed by atoms with E-state index in [1.165, 1.54) is 0 Å². The molecular weight excluding hydrogens is 267 g/mol. The molecule has 0 aliphatic heterocycles. The van der Waals surface area contributed by atoms with E-state index in [-0.39, 0.29) is 0 Å². The van der Waals surface area contributed by atoms with Gasteiger partial charge in [-0.25, -0.2) is 0 Å². The number of hydrogen-bond donors (Lipinski definition) is 0. The number of pyridine rings is 1. The van der Waals surface area contributed by atoms with Gasteiger partial charge in [0.15, 0.2) is 0 Å². The van der Waals surface area contributed by atoms with E-state index < -0.39 is 5.54 Å². The average molecular weight is 278 g/mol. The number of nitroso groups, excluding NO2 is 1. The van der Waals surface area contributed by atoms with Crippen molar-refractivity contribution in [2.24, 2.45) is 5.18 Å². The highest BCUT2D eigenvalue weighted by Gasteiger charge is 2.27. The molecule has 0 atom stereocenters. The van der Waals surface area contributed by atoms with Crippen LogP contribution in [0.5, 0.6) is 0 Å². The third-order valence-corrected chi connectivity index (χ3v) is 3.27. The van der Waals surface area contributed by atoms with Crippen LogP contribution in [0.3, 0.4) is 0 Å². The van der Waals surface area contributed by atoms with Crippen LogP contribution in [0.4, 0.5) is 0 Å². The molecule has 76 valence electrons. The van der Waals surface area contributed by atoms with Crippen LogP contribution in [0.15, 0.2) is 15.8 Å². The van der Waals surface area contributed by atoms with Gasteiger partial charge >= 0.3 is 0 Å². The van der Waals surface area contributed by atoms with E-state index in [0.29, 0.717) is 10.7 Å². The Hall–Kier alpha value is -0.480. The summed E-state index contributed by atoms with van der Waals surface area (Å²) in [6, 6.07) is 0. The van der Waals surface area contributed by atoms with E-state index in [1.807, 2.05) is 6.92 Å². The summed E-state index contributed by atoms with van der Waals surface area (Å²) >= 11 is 9.38. The molecule has 0 bridgehead atoms. The Labute approximate surface area is 96.0 Å². The highest BCUT2D eigenvalue weighted by Crippen LogP contribution is 2.33. The second kappa shape index (κ2) is 3.95. The van der Waals surface area contributed by atoms with Gasteiger partial charge in [0.1, 0.15) is 5.54 Å². The van der Waals surface area contributed by atoms with Crippen molar-refractivity contribution in [3.05, 3.63) is 31.9 Å². The predicted molar refractivity (Wildman–Crippen MR) is 60.5 cm³/mol. The highest BCUT2D eigenvalue weighted by molar-refractivity contribution is 9.10. The van der Waals surface area contributed by atoms with Crippen molar-refractivity contribution >= 4 is 27.5 Å². The van der Waals surface area contributed by atoms with Crippen LogP contribution in [-0.4, -0.2) is 4.98 Å². The van der Waals surface area contributed by atoms with E-state index in [1.54, 1.807) is 20.0 Å². The largest absolute Gasteiger partial charge is 0.256 e. The van der Waals surface area contributed by atoms with Gasteiger partial charge in [0, 0.05) is 10.7 Å². The molecule has 0 saturated heterocycles. The summed E-state index contributed by atoms with van der Waals surface area (Å²) in [5.41, 5.74) is 0.492. The SMILES string of the molecule is Cc1c(Br)cnc(C(C)(C)N=O)c1Cl. The second-order valence-corrected chi connectivity index (χ2v) is 4.78. The lowest BCUT2D eigenvalue weighted by atomic mass is 10.00. The molecule has 0 spiro atoms. The number of hydrogen-bond acceptors (Lipinski definition) is 3. The van der Waals surface area contributed by atoms with Gasteiger partial charge in [0.05, 0.1) is 10.7 Å². The molecule has 5 heteroatoms. The van der Waals surface area contributed by atoms with Crippen LogP contribution in [0.2, 0.25) is 5.02 Å². The lowest BCUT2D eigenvalue weighted by Gasteiger charge is -2.17. The maximum atomic E-state index is 10.6. The Kier molecular flexibility index (Phi) is 3.27. The fourth-order valence-corrected chi connectivity index (χ4v) is 1.82. The van der Waals surface area contributed by atoms with E-state index in [2.05, 4.69) is 26.1 Å². The molecule has 0 aliphatic carbocycles. The van der Waals surface area contributed by atoms with Gasteiger partial charge in [-0.15, -0.1) is 4.91 Å². The average Bonchev–Trinajstić information content (AvgIpc) is 2.14. The first kappa shape index (κ1) is 11.6. The Morgan fingerprint density at radius 3 is 2.64 bits per heavy atom. The number of halogens is 2. The molecule has 1 heterocycles. The first-order chi connectivity index (χ1) is 6.40. The number of rotatable bonds is 2. The quantitative estimate of drug-likeness (QED) is 0.772. The van der Waals surface area contributed by atoms with Crippen LogP contribution in [0.25, 0.3) is 0 Å². The standard InChI is InChI=1S/C9H10BrClN2O/c1-5-6(10)4-12-8(7(5)11)9(2,3)13-14/h4H,1-3H3. The molecular formula is C9H10BrClN2O. The Morgan fingerprint density at radius 2 is 2.14 bits per heavy atom. The number of nitrogens with zero attached hydrogens (tertiary/aromatic N) is 2. The fraction of sp³-hybridized carbons (Fsp3) is 0.444. The monoisotopic (exact) mass is 276 g/mol. The van der Waals surface area contributed by atoms with Crippen molar-refractivity contribution < 1.29 is 0 Å². The van der Waals surface area contributed by atoms with Crippen molar-refractivity contribution in [1.82, 2.24) is 4.98 Å². The van der Waals surface area contributed by atoms with Gasteiger partial charge in [0.25, 0.3) is 0 Å². The highest BCUT2D eigenvalue weighted by atomic mass is 79.9. The Bertz CT molecular complexity index is 379. The molecule has 1 aromatic rings. The zero-order chi connectivity index (χ0) is 10.9. The summed E-state index contributed by atoms with van der Waals surface area (Å²) in [5, 5.41) is 3.50. The summed E-state index contributed by atoms with van der Waals surface area (Å²) in [7, 11) is 0. The summed E-state index contributed by atoms with van der Waals surface area (Å²) in [4.78, 5) is 14.7.